The van der Waals surface area contributed by atoms with Crippen LogP contribution in [0.5, 0.6) is 0 Å². The maximum atomic E-state index is 12.0. The molecule has 1 rings (SSSR count). The van der Waals surface area contributed by atoms with Crippen LogP contribution in [-0.4, -0.2) is 48.1 Å². The molecular weight excluding hydrogens is 238 g/mol. The van der Waals surface area contributed by atoms with Crippen LogP contribution in [0.4, 0.5) is 0 Å². The predicted octanol–water partition coefficient (Wildman–Crippen LogP) is 0.365. The zero-order valence-electron chi connectivity index (χ0n) is 11.1. The van der Waals surface area contributed by atoms with E-state index < -0.39 is 29.2 Å². The quantitative estimate of drug-likeness (QED) is 0.719. The molecule has 0 bridgehead atoms. The topological polar surface area (TPSA) is 83.9 Å². The Hall–Kier alpha value is -1.59. The summed E-state index contributed by atoms with van der Waals surface area (Å²) in [6.45, 7) is 5.28. The summed E-state index contributed by atoms with van der Waals surface area (Å²) in [6, 6.07) is 0. The van der Waals surface area contributed by atoms with E-state index in [1.165, 1.54) is 11.9 Å². The molecule has 0 aromatic heterocycles. The summed E-state index contributed by atoms with van der Waals surface area (Å²) < 4.78 is 4.74. The lowest BCUT2D eigenvalue weighted by Gasteiger charge is -2.16. The van der Waals surface area contributed by atoms with Crippen molar-refractivity contribution in [1.29, 1.82) is 0 Å². The largest absolute Gasteiger partial charge is 0.481 e. The van der Waals surface area contributed by atoms with Crippen LogP contribution in [0.2, 0.25) is 0 Å². The summed E-state index contributed by atoms with van der Waals surface area (Å²) in [7, 11) is 1.48. The Balaban J connectivity index is 2.61. The molecule has 1 N–H and O–H groups in total. The number of hydrogen-bond donors (Lipinski definition) is 1. The first-order valence-electron chi connectivity index (χ1n) is 5.86. The van der Waals surface area contributed by atoms with Gasteiger partial charge in [-0.1, -0.05) is 13.8 Å². The molecule has 0 spiro atoms. The molecule has 1 saturated carbocycles. The van der Waals surface area contributed by atoms with Gasteiger partial charge in [-0.05, 0) is 12.3 Å². The highest BCUT2D eigenvalue weighted by atomic mass is 16.5. The normalized spacial score (nSPS) is 24.2. The Morgan fingerprint density at radius 3 is 2.22 bits per heavy atom. The molecule has 2 atom stereocenters. The molecule has 0 aromatic carbocycles. The van der Waals surface area contributed by atoms with Crippen LogP contribution < -0.4 is 0 Å². The van der Waals surface area contributed by atoms with E-state index in [9.17, 15) is 14.4 Å². The molecule has 0 aromatic rings. The number of hydrogen-bond acceptors (Lipinski definition) is 4. The smallest absolute Gasteiger partial charge is 0.325 e. The number of esters is 1. The lowest BCUT2D eigenvalue weighted by atomic mass is 10.1. The number of rotatable bonds is 5. The van der Waals surface area contributed by atoms with E-state index in [0.29, 0.717) is 0 Å². The minimum absolute atomic E-state index is 0.147. The Bertz CT molecular complexity index is 377. The molecule has 1 aliphatic carbocycles. The first-order valence-corrected chi connectivity index (χ1v) is 5.86. The number of aliphatic carboxylic acids is 1. The predicted molar refractivity (Wildman–Crippen MR) is 62.7 cm³/mol. The van der Waals surface area contributed by atoms with E-state index in [1.807, 2.05) is 0 Å². The zero-order chi connectivity index (χ0) is 14.1. The first-order chi connectivity index (χ1) is 8.23. The molecule has 1 amide bonds. The molecule has 18 heavy (non-hydrogen) atoms. The average Bonchev–Trinajstić information content (AvgIpc) is 2.80. The number of ether oxygens (including phenoxy) is 1. The molecule has 0 unspecified atom stereocenters. The number of carboxylic acid groups (broad SMARTS) is 1. The van der Waals surface area contributed by atoms with Crippen molar-refractivity contribution in [3.63, 3.8) is 0 Å². The van der Waals surface area contributed by atoms with Crippen molar-refractivity contribution in [1.82, 2.24) is 4.90 Å². The van der Waals surface area contributed by atoms with Gasteiger partial charge in [0.2, 0.25) is 5.91 Å². The van der Waals surface area contributed by atoms with E-state index in [2.05, 4.69) is 0 Å². The van der Waals surface area contributed by atoms with Crippen molar-refractivity contribution >= 4 is 17.8 Å². The molecule has 1 fully saturated rings. The molecule has 102 valence electrons. The third kappa shape index (κ3) is 2.63. The number of likely N-dealkylation sites (N-methyl/N-ethyl adjacent to an activating group) is 1. The lowest BCUT2D eigenvalue weighted by Crippen LogP contribution is -2.35. The van der Waals surface area contributed by atoms with Gasteiger partial charge >= 0.3 is 11.9 Å². The van der Waals surface area contributed by atoms with Crippen LogP contribution in [-0.2, 0) is 19.1 Å². The minimum atomic E-state index is -0.970. The Kier molecular flexibility index (Phi) is 3.98. The molecule has 0 saturated heterocycles. The van der Waals surface area contributed by atoms with Gasteiger partial charge in [-0.25, -0.2) is 0 Å². The monoisotopic (exact) mass is 257 g/mol. The van der Waals surface area contributed by atoms with Crippen molar-refractivity contribution in [3.05, 3.63) is 0 Å². The van der Waals surface area contributed by atoms with Crippen molar-refractivity contribution in [2.24, 2.45) is 17.3 Å². The van der Waals surface area contributed by atoms with E-state index >= 15 is 0 Å². The van der Waals surface area contributed by atoms with Gasteiger partial charge in [-0.2, -0.15) is 0 Å². The van der Waals surface area contributed by atoms with Crippen molar-refractivity contribution in [2.75, 3.05) is 20.2 Å². The summed E-state index contributed by atoms with van der Waals surface area (Å²) in [5, 5.41) is 8.99. The molecular formula is C12H19NO5. The van der Waals surface area contributed by atoms with Crippen LogP contribution >= 0.6 is 0 Å². The van der Waals surface area contributed by atoms with Gasteiger partial charge in [0.15, 0.2) is 0 Å². The van der Waals surface area contributed by atoms with Crippen LogP contribution in [0.25, 0.3) is 0 Å². The Morgan fingerprint density at radius 1 is 1.28 bits per heavy atom. The third-order valence-corrected chi connectivity index (χ3v) is 3.41. The lowest BCUT2D eigenvalue weighted by molar-refractivity contribution is -0.149. The van der Waals surface area contributed by atoms with Crippen LogP contribution in [0, 0.1) is 17.3 Å². The third-order valence-electron chi connectivity index (χ3n) is 3.41. The van der Waals surface area contributed by atoms with Gasteiger partial charge in [-0.3, -0.25) is 14.4 Å². The van der Waals surface area contributed by atoms with Crippen LogP contribution in [0.15, 0.2) is 0 Å². The van der Waals surface area contributed by atoms with Crippen molar-refractivity contribution in [3.8, 4) is 0 Å². The number of carbonyl (C=O) groups is 3. The summed E-state index contributed by atoms with van der Waals surface area (Å²) in [6.07, 6.45) is 0. The maximum absolute atomic E-state index is 12.0. The summed E-state index contributed by atoms with van der Waals surface area (Å²) in [5.41, 5.74) is -0.550. The number of amides is 1. The molecule has 6 heteroatoms. The Morgan fingerprint density at radius 2 is 1.83 bits per heavy atom. The van der Waals surface area contributed by atoms with Crippen LogP contribution in [0.1, 0.15) is 20.8 Å². The maximum Gasteiger partial charge on any atom is 0.325 e. The SMILES string of the molecule is CCOC(=O)CN(C)C(=O)[C@H]1[C@@H](C(=O)O)C1(C)C. The van der Waals surface area contributed by atoms with E-state index in [1.54, 1.807) is 20.8 Å². The van der Waals surface area contributed by atoms with Crippen molar-refractivity contribution < 1.29 is 24.2 Å². The van der Waals surface area contributed by atoms with Gasteiger partial charge in [0.05, 0.1) is 18.4 Å². The van der Waals surface area contributed by atoms with Gasteiger partial charge in [0.1, 0.15) is 6.54 Å². The van der Waals surface area contributed by atoms with Crippen LogP contribution in [0.3, 0.4) is 0 Å². The molecule has 0 radical (unpaired) electrons. The minimum Gasteiger partial charge on any atom is -0.481 e. The number of nitrogens with zero attached hydrogens (tertiary/aromatic N) is 1. The number of carboxylic acids is 1. The molecule has 6 nitrogen and oxygen atoms in total. The van der Waals surface area contributed by atoms with Gasteiger partial charge in [0.25, 0.3) is 0 Å². The highest BCUT2D eigenvalue weighted by Crippen LogP contribution is 2.58. The highest BCUT2D eigenvalue weighted by Gasteiger charge is 2.66. The second kappa shape index (κ2) is 4.96. The Labute approximate surface area is 106 Å². The fraction of sp³-hybridized carbons (Fsp3) is 0.750. The second-order valence-electron chi connectivity index (χ2n) is 5.11. The fourth-order valence-corrected chi connectivity index (χ4v) is 2.28. The second-order valence-corrected chi connectivity index (χ2v) is 5.11. The summed E-state index contributed by atoms with van der Waals surface area (Å²) >= 11 is 0. The summed E-state index contributed by atoms with van der Waals surface area (Å²) in [5.74, 6) is -3.01. The summed E-state index contributed by atoms with van der Waals surface area (Å²) in [4.78, 5) is 35.5. The number of carbonyl (C=O) groups excluding carboxylic acids is 2. The van der Waals surface area contributed by atoms with Gasteiger partial charge in [0, 0.05) is 7.05 Å². The molecule has 1 aliphatic rings. The van der Waals surface area contributed by atoms with Gasteiger partial charge in [-0.15, -0.1) is 0 Å². The standard InChI is InChI=1S/C12H19NO5/c1-5-18-7(14)6-13(4)10(15)8-9(11(16)17)12(8,2)3/h8-9H,5-6H2,1-4H3,(H,16,17)/t8-,9+/m1/s1. The van der Waals surface area contributed by atoms with E-state index in [0.717, 1.165) is 0 Å². The first kappa shape index (κ1) is 14.5. The van der Waals surface area contributed by atoms with Gasteiger partial charge < -0.3 is 14.7 Å². The van der Waals surface area contributed by atoms with Crippen molar-refractivity contribution in [2.45, 2.75) is 20.8 Å². The van der Waals surface area contributed by atoms with E-state index in [4.69, 9.17) is 9.84 Å². The zero-order valence-corrected chi connectivity index (χ0v) is 11.1. The average molecular weight is 257 g/mol. The molecule has 0 heterocycles. The highest BCUT2D eigenvalue weighted by molar-refractivity contribution is 5.93. The fourth-order valence-electron chi connectivity index (χ4n) is 2.28. The van der Waals surface area contributed by atoms with E-state index in [-0.39, 0.29) is 19.1 Å². The molecule has 0 aliphatic heterocycles.